The van der Waals surface area contributed by atoms with E-state index in [2.05, 4.69) is 17.5 Å². The number of thiocarbonyl (C=S) groups is 1. The molecule has 5 N–H and O–H groups in total. The lowest BCUT2D eigenvalue weighted by molar-refractivity contribution is 1.48. The van der Waals surface area contributed by atoms with Gasteiger partial charge >= 0.3 is 0 Å². The quantitative estimate of drug-likeness (QED) is 0.452. The van der Waals surface area contributed by atoms with Crippen LogP contribution in [0.3, 0.4) is 0 Å². The summed E-state index contributed by atoms with van der Waals surface area (Å²) >= 11 is 4.64. The number of hydrogen-bond acceptors (Lipinski definition) is 3. The largest absolute Gasteiger partial charge is 0.398 e. The van der Waals surface area contributed by atoms with Gasteiger partial charge in [0, 0.05) is 5.69 Å². The molecule has 1 aromatic carbocycles. The first-order valence-corrected chi connectivity index (χ1v) is 3.90. The summed E-state index contributed by atoms with van der Waals surface area (Å²) < 4.78 is 0. The summed E-state index contributed by atoms with van der Waals surface area (Å²) in [5, 5.41) is 11.5. The minimum Gasteiger partial charge on any atom is -0.398 e. The van der Waals surface area contributed by atoms with Gasteiger partial charge in [0.25, 0.3) is 0 Å². The minimum absolute atomic E-state index is 0.170. The molecule has 0 aliphatic heterocycles. The van der Waals surface area contributed by atoms with Gasteiger partial charge in [0.05, 0.1) is 11.3 Å². The molecule has 1 rings (SSSR count). The van der Waals surface area contributed by atoms with Crippen molar-refractivity contribution in [3.05, 3.63) is 23.8 Å². The molecule has 0 unspecified atom stereocenters. The Hall–Kier alpha value is -1.80. The van der Waals surface area contributed by atoms with E-state index in [1.807, 2.05) is 6.07 Å². The van der Waals surface area contributed by atoms with Gasteiger partial charge in [-0.2, -0.15) is 5.26 Å². The molecule has 66 valence electrons. The van der Waals surface area contributed by atoms with E-state index in [1.165, 1.54) is 0 Å². The molecule has 0 aliphatic carbocycles. The molecular weight excluding hydrogens is 184 g/mol. The van der Waals surface area contributed by atoms with Crippen LogP contribution in [-0.4, -0.2) is 5.11 Å². The van der Waals surface area contributed by atoms with Crippen molar-refractivity contribution in [3.63, 3.8) is 0 Å². The number of nitrogens with one attached hydrogen (secondary N) is 1. The lowest BCUT2D eigenvalue weighted by Gasteiger charge is -2.04. The fourth-order valence-corrected chi connectivity index (χ4v) is 1.00. The van der Waals surface area contributed by atoms with Crippen LogP contribution in [0.25, 0.3) is 0 Å². The van der Waals surface area contributed by atoms with E-state index in [0.29, 0.717) is 16.9 Å². The summed E-state index contributed by atoms with van der Waals surface area (Å²) in [6, 6.07) is 6.86. The van der Waals surface area contributed by atoms with Crippen molar-refractivity contribution >= 4 is 28.7 Å². The number of nitrogens with two attached hydrogens (primary N) is 2. The molecule has 0 atom stereocenters. The van der Waals surface area contributed by atoms with Gasteiger partial charge in [-0.25, -0.2) is 0 Å². The van der Waals surface area contributed by atoms with Crippen molar-refractivity contribution in [2.45, 2.75) is 0 Å². The molecule has 0 bridgehead atoms. The van der Waals surface area contributed by atoms with Gasteiger partial charge in [0.2, 0.25) is 0 Å². The third kappa shape index (κ3) is 2.32. The number of nitriles is 1. The first kappa shape index (κ1) is 9.29. The predicted molar refractivity (Wildman–Crippen MR) is 56.0 cm³/mol. The van der Waals surface area contributed by atoms with Crippen molar-refractivity contribution in [1.29, 1.82) is 5.26 Å². The second kappa shape index (κ2) is 3.74. The Labute approximate surface area is 81.1 Å². The van der Waals surface area contributed by atoms with E-state index in [0.717, 1.165) is 0 Å². The van der Waals surface area contributed by atoms with E-state index in [1.54, 1.807) is 18.2 Å². The molecule has 0 saturated heterocycles. The fourth-order valence-electron chi connectivity index (χ4n) is 0.885. The summed E-state index contributed by atoms with van der Waals surface area (Å²) in [7, 11) is 0. The molecule has 0 saturated carbocycles. The Balaban J connectivity index is 2.97. The Bertz CT molecular complexity index is 380. The third-order valence-electron chi connectivity index (χ3n) is 1.44. The van der Waals surface area contributed by atoms with Crippen LogP contribution in [-0.2, 0) is 0 Å². The zero-order valence-corrected chi connectivity index (χ0v) is 7.56. The Morgan fingerprint density at radius 1 is 1.54 bits per heavy atom. The monoisotopic (exact) mass is 192 g/mol. The number of benzene rings is 1. The number of rotatable bonds is 1. The van der Waals surface area contributed by atoms with E-state index in [-0.39, 0.29) is 5.11 Å². The van der Waals surface area contributed by atoms with Crippen LogP contribution in [0, 0.1) is 11.3 Å². The zero-order valence-electron chi connectivity index (χ0n) is 6.74. The van der Waals surface area contributed by atoms with Gasteiger partial charge in [-0.3, -0.25) is 0 Å². The van der Waals surface area contributed by atoms with Crippen LogP contribution in [0.4, 0.5) is 11.4 Å². The first-order chi connectivity index (χ1) is 6.13. The Morgan fingerprint density at radius 2 is 2.23 bits per heavy atom. The highest BCUT2D eigenvalue weighted by Gasteiger charge is 1.99. The van der Waals surface area contributed by atoms with Crippen molar-refractivity contribution in [1.82, 2.24) is 0 Å². The van der Waals surface area contributed by atoms with Crippen LogP contribution >= 0.6 is 12.2 Å². The van der Waals surface area contributed by atoms with Gasteiger partial charge in [0.1, 0.15) is 6.07 Å². The predicted octanol–water partition coefficient (Wildman–Crippen LogP) is 0.796. The SMILES string of the molecule is N#Cc1ccc(NC(N)=S)cc1N. The van der Waals surface area contributed by atoms with E-state index in [9.17, 15) is 0 Å². The van der Waals surface area contributed by atoms with Crippen LogP contribution in [0.5, 0.6) is 0 Å². The standard InChI is InChI=1S/C8H8N4S/c9-4-5-1-2-6(3-7(5)10)12-8(11)13/h1-3H,10H2,(H3,11,12,13). The summed E-state index contributed by atoms with van der Waals surface area (Å²) in [4.78, 5) is 0. The molecule has 0 fully saturated rings. The number of anilines is 2. The third-order valence-corrected chi connectivity index (χ3v) is 1.54. The highest BCUT2D eigenvalue weighted by molar-refractivity contribution is 7.80. The molecule has 13 heavy (non-hydrogen) atoms. The molecule has 0 aromatic heterocycles. The van der Waals surface area contributed by atoms with E-state index < -0.39 is 0 Å². The summed E-state index contributed by atoms with van der Waals surface area (Å²) in [6.07, 6.45) is 0. The fraction of sp³-hybridized carbons (Fsp3) is 0. The van der Waals surface area contributed by atoms with Crippen molar-refractivity contribution in [2.24, 2.45) is 5.73 Å². The van der Waals surface area contributed by atoms with Crippen LogP contribution in [0.1, 0.15) is 5.56 Å². The normalized spacial score (nSPS) is 8.85. The van der Waals surface area contributed by atoms with Crippen LogP contribution in [0.15, 0.2) is 18.2 Å². The zero-order chi connectivity index (χ0) is 9.84. The second-order valence-corrected chi connectivity index (χ2v) is 2.84. The number of hydrogen-bond donors (Lipinski definition) is 3. The second-order valence-electron chi connectivity index (χ2n) is 2.40. The first-order valence-electron chi connectivity index (χ1n) is 3.49. The Kier molecular flexibility index (Phi) is 2.67. The molecule has 0 spiro atoms. The molecular formula is C8H8N4S. The van der Waals surface area contributed by atoms with Gasteiger partial charge in [-0.05, 0) is 30.4 Å². The van der Waals surface area contributed by atoms with Crippen molar-refractivity contribution in [3.8, 4) is 6.07 Å². The molecule has 5 heteroatoms. The number of nitrogen functional groups attached to an aromatic ring is 1. The molecule has 0 radical (unpaired) electrons. The van der Waals surface area contributed by atoms with Gasteiger partial charge < -0.3 is 16.8 Å². The van der Waals surface area contributed by atoms with Gasteiger partial charge in [0.15, 0.2) is 5.11 Å². The van der Waals surface area contributed by atoms with Crippen LogP contribution in [0.2, 0.25) is 0 Å². The highest BCUT2D eigenvalue weighted by Crippen LogP contribution is 2.16. The average molecular weight is 192 g/mol. The Morgan fingerprint density at radius 3 is 2.69 bits per heavy atom. The van der Waals surface area contributed by atoms with E-state index >= 15 is 0 Å². The lowest BCUT2D eigenvalue weighted by atomic mass is 10.2. The summed E-state index contributed by atoms with van der Waals surface area (Å²) in [6.45, 7) is 0. The molecule has 4 nitrogen and oxygen atoms in total. The molecule has 0 amide bonds. The maximum Gasteiger partial charge on any atom is 0.168 e. The maximum atomic E-state index is 8.59. The van der Waals surface area contributed by atoms with Crippen molar-refractivity contribution < 1.29 is 0 Å². The minimum atomic E-state index is 0.170. The lowest BCUT2D eigenvalue weighted by Crippen LogP contribution is -2.18. The van der Waals surface area contributed by atoms with Crippen LogP contribution < -0.4 is 16.8 Å². The molecule has 1 aromatic rings. The topological polar surface area (TPSA) is 87.9 Å². The van der Waals surface area contributed by atoms with E-state index in [4.69, 9.17) is 16.7 Å². The maximum absolute atomic E-state index is 8.59. The molecule has 0 aliphatic rings. The van der Waals surface area contributed by atoms with Crippen molar-refractivity contribution in [2.75, 3.05) is 11.1 Å². The highest BCUT2D eigenvalue weighted by atomic mass is 32.1. The average Bonchev–Trinajstić information content (AvgIpc) is 2.03. The number of nitrogens with zero attached hydrogens (tertiary/aromatic N) is 1. The van der Waals surface area contributed by atoms with Gasteiger partial charge in [-0.15, -0.1) is 0 Å². The molecule has 0 heterocycles. The summed E-state index contributed by atoms with van der Waals surface area (Å²) in [5.41, 5.74) is 12.3. The van der Waals surface area contributed by atoms with Gasteiger partial charge in [-0.1, -0.05) is 0 Å². The smallest absolute Gasteiger partial charge is 0.168 e. The summed E-state index contributed by atoms with van der Waals surface area (Å²) in [5.74, 6) is 0.